The van der Waals surface area contributed by atoms with Gasteiger partial charge in [0.2, 0.25) is 0 Å². The Hall–Kier alpha value is -1.38. The monoisotopic (exact) mass is 272 g/mol. The molecule has 0 radical (unpaired) electrons. The molecule has 1 fully saturated rings. The van der Waals surface area contributed by atoms with Gasteiger partial charge in [0.25, 0.3) is 0 Å². The van der Waals surface area contributed by atoms with Crippen LogP contribution in [0.5, 0.6) is 0 Å². The van der Waals surface area contributed by atoms with E-state index in [2.05, 4.69) is 34.6 Å². The summed E-state index contributed by atoms with van der Waals surface area (Å²) in [6.45, 7) is 0.908. The van der Waals surface area contributed by atoms with Crippen LogP contribution >= 0.6 is 11.6 Å². The van der Waals surface area contributed by atoms with Gasteiger partial charge >= 0.3 is 0 Å². The van der Waals surface area contributed by atoms with E-state index in [1.165, 1.54) is 29.5 Å². The Bertz CT molecular complexity index is 550. The molecule has 1 aliphatic carbocycles. The molecule has 3 heteroatoms. The first-order valence-corrected chi connectivity index (χ1v) is 7.08. The van der Waals surface area contributed by atoms with Crippen molar-refractivity contribution in [3.05, 3.63) is 64.4 Å². The third-order valence-corrected chi connectivity index (χ3v) is 3.71. The van der Waals surface area contributed by atoms with Crippen molar-refractivity contribution in [3.63, 3.8) is 0 Å². The summed E-state index contributed by atoms with van der Waals surface area (Å²) in [4.78, 5) is 4.06. The number of aromatic nitrogens is 1. The van der Waals surface area contributed by atoms with Crippen LogP contribution in [-0.2, 0) is 13.0 Å². The lowest BCUT2D eigenvalue weighted by Gasteiger charge is -2.11. The van der Waals surface area contributed by atoms with Gasteiger partial charge in [-0.25, -0.2) is 0 Å². The molecule has 1 N–H and O–H groups in total. The molecule has 2 nitrogen and oxygen atoms in total. The highest BCUT2D eigenvalue weighted by Crippen LogP contribution is 2.22. The SMILES string of the molecule is Clc1ccc(Cc2ccncc2)c(CNC2CC2)c1. The summed E-state index contributed by atoms with van der Waals surface area (Å²) in [5.41, 5.74) is 3.92. The van der Waals surface area contributed by atoms with E-state index in [9.17, 15) is 0 Å². The summed E-state index contributed by atoms with van der Waals surface area (Å²) in [6.07, 6.45) is 7.22. The molecule has 0 atom stereocenters. The zero-order chi connectivity index (χ0) is 13.1. The van der Waals surface area contributed by atoms with Gasteiger partial charge in [-0.15, -0.1) is 0 Å². The minimum Gasteiger partial charge on any atom is -0.310 e. The molecule has 3 rings (SSSR count). The smallest absolute Gasteiger partial charge is 0.0409 e. The van der Waals surface area contributed by atoms with E-state index in [0.717, 1.165) is 18.0 Å². The molecule has 1 aromatic carbocycles. The predicted octanol–water partition coefficient (Wildman–Crippen LogP) is 3.58. The molecule has 0 spiro atoms. The Morgan fingerprint density at radius 3 is 2.63 bits per heavy atom. The van der Waals surface area contributed by atoms with Crippen LogP contribution in [-0.4, -0.2) is 11.0 Å². The van der Waals surface area contributed by atoms with Crippen LogP contribution in [0.1, 0.15) is 29.5 Å². The molecule has 1 aromatic heterocycles. The van der Waals surface area contributed by atoms with Crippen LogP contribution in [0.15, 0.2) is 42.7 Å². The molecule has 0 aliphatic heterocycles. The standard InChI is InChI=1S/C16H17ClN2/c17-15-2-1-13(9-12-5-7-18-8-6-12)14(10-15)11-19-16-3-4-16/h1-2,5-8,10,16,19H,3-4,9,11H2. The zero-order valence-corrected chi connectivity index (χ0v) is 11.5. The Morgan fingerprint density at radius 1 is 1.11 bits per heavy atom. The van der Waals surface area contributed by atoms with E-state index < -0.39 is 0 Å². The highest BCUT2D eigenvalue weighted by atomic mass is 35.5. The van der Waals surface area contributed by atoms with E-state index in [1.807, 2.05) is 18.5 Å². The van der Waals surface area contributed by atoms with Crippen molar-refractivity contribution < 1.29 is 0 Å². The van der Waals surface area contributed by atoms with Crippen LogP contribution in [0.2, 0.25) is 5.02 Å². The fraction of sp³-hybridized carbons (Fsp3) is 0.312. The molecule has 2 aromatic rings. The number of pyridine rings is 1. The van der Waals surface area contributed by atoms with Gasteiger partial charge < -0.3 is 5.32 Å². The first-order valence-electron chi connectivity index (χ1n) is 6.71. The van der Waals surface area contributed by atoms with Gasteiger partial charge in [0.1, 0.15) is 0 Å². The van der Waals surface area contributed by atoms with E-state index in [4.69, 9.17) is 11.6 Å². The molecular formula is C16H17ClN2. The molecule has 1 saturated carbocycles. The Labute approximate surface area is 118 Å². The Balaban J connectivity index is 1.78. The number of hydrogen-bond acceptors (Lipinski definition) is 2. The summed E-state index contributed by atoms with van der Waals surface area (Å²) < 4.78 is 0. The molecule has 0 amide bonds. The van der Waals surface area contributed by atoms with Crippen molar-refractivity contribution in [2.24, 2.45) is 0 Å². The van der Waals surface area contributed by atoms with Crippen LogP contribution in [0.25, 0.3) is 0 Å². The number of nitrogens with zero attached hydrogens (tertiary/aromatic N) is 1. The normalized spacial score (nSPS) is 14.6. The highest BCUT2D eigenvalue weighted by Gasteiger charge is 2.20. The number of rotatable bonds is 5. The van der Waals surface area contributed by atoms with Crippen molar-refractivity contribution in [1.82, 2.24) is 10.3 Å². The quantitative estimate of drug-likeness (QED) is 0.900. The van der Waals surface area contributed by atoms with E-state index in [-0.39, 0.29) is 0 Å². The minimum atomic E-state index is 0.716. The first kappa shape index (κ1) is 12.6. The van der Waals surface area contributed by atoms with E-state index >= 15 is 0 Å². The summed E-state index contributed by atoms with van der Waals surface area (Å²) in [7, 11) is 0. The average molecular weight is 273 g/mol. The average Bonchev–Trinajstić information content (AvgIpc) is 3.24. The zero-order valence-electron chi connectivity index (χ0n) is 10.8. The van der Waals surface area contributed by atoms with Crippen molar-refractivity contribution in [1.29, 1.82) is 0 Å². The van der Waals surface area contributed by atoms with Crippen LogP contribution in [0, 0.1) is 0 Å². The Morgan fingerprint density at radius 2 is 1.89 bits per heavy atom. The van der Waals surface area contributed by atoms with Gasteiger partial charge in [-0.3, -0.25) is 4.98 Å². The summed E-state index contributed by atoms with van der Waals surface area (Å²) in [5, 5.41) is 4.37. The molecule has 19 heavy (non-hydrogen) atoms. The lowest BCUT2D eigenvalue weighted by molar-refractivity contribution is 0.683. The lowest BCUT2D eigenvalue weighted by atomic mass is 10.0. The van der Waals surface area contributed by atoms with Gasteiger partial charge in [0.05, 0.1) is 0 Å². The number of halogens is 1. The second-order valence-corrected chi connectivity index (χ2v) is 5.54. The maximum atomic E-state index is 6.11. The van der Waals surface area contributed by atoms with Crippen molar-refractivity contribution >= 4 is 11.6 Å². The minimum absolute atomic E-state index is 0.716. The molecule has 1 aliphatic rings. The molecule has 1 heterocycles. The van der Waals surface area contributed by atoms with Crippen LogP contribution < -0.4 is 5.32 Å². The molecule has 0 bridgehead atoms. The van der Waals surface area contributed by atoms with Crippen LogP contribution in [0.3, 0.4) is 0 Å². The fourth-order valence-electron chi connectivity index (χ4n) is 2.19. The van der Waals surface area contributed by atoms with E-state index in [0.29, 0.717) is 6.04 Å². The summed E-state index contributed by atoms with van der Waals surface area (Å²) in [5.74, 6) is 0. The number of benzene rings is 1. The number of nitrogens with one attached hydrogen (secondary N) is 1. The van der Waals surface area contributed by atoms with Crippen molar-refractivity contribution in [3.8, 4) is 0 Å². The first-order chi connectivity index (χ1) is 9.31. The topological polar surface area (TPSA) is 24.9 Å². The van der Waals surface area contributed by atoms with E-state index in [1.54, 1.807) is 0 Å². The van der Waals surface area contributed by atoms with Gasteiger partial charge in [-0.1, -0.05) is 17.7 Å². The maximum Gasteiger partial charge on any atom is 0.0409 e. The second-order valence-electron chi connectivity index (χ2n) is 5.10. The van der Waals surface area contributed by atoms with Gasteiger partial charge in [0.15, 0.2) is 0 Å². The molecule has 0 saturated heterocycles. The van der Waals surface area contributed by atoms with Gasteiger partial charge in [-0.05, 0) is 60.2 Å². The largest absolute Gasteiger partial charge is 0.310 e. The highest BCUT2D eigenvalue weighted by molar-refractivity contribution is 6.30. The Kier molecular flexibility index (Phi) is 3.81. The third-order valence-electron chi connectivity index (χ3n) is 3.47. The van der Waals surface area contributed by atoms with Crippen LogP contribution in [0.4, 0.5) is 0 Å². The molecule has 98 valence electrons. The fourth-order valence-corrected chi connectivity index (χ4v) is 2.39. The van der Waals surface area contributed by atoms with Gasteiger partial charge in [0, 0.05) is 30.0 Å². The predicted molar refractivity (Wildman–Crippen MR) is 78.4 cm³/mol. The second kappa shape index (κ2) is 5.72. The van der Waals surface area contributed by atoms with Crippen molar-refractivity contribution in [2.45, 2.75) is 31.8 Å². The number of hydrogen-bond donors (Lipinski definition) is 1. The van der Waals surface area contributed by atoms with Crippen molar-refractivity contribution in [2.75, 3.05) is 0 Å². The molecular weight excluding hydrogens is 256 g/mol. The lowest BCUT2D eigenvalue weighted by Crippen LogP contribution is -2.16. The summed E-state index contributed by atoms with van der Waals surface area (Å²) >= 11 is 6.11. The third kappa shape index (κ3) is 3.55. The molecule has 0 unspecified atom stereocenters. The maximum absolute atomic E-state index is 6.11. The summed E-state index contributed by atoms with van der Waals surface area (Å²) in [6, 6.07) is 11.0. The van der Waals surface area contributed by atoms with Gasteiger partial charge in [-0.2, -0.15) is 0 Å².